The minimum Gasteiger partial charge on any atom is -0.384 e. The maximum Gasteiger partial charge on any atom is 0.237 e. The molecule has 2 fully saturated rings. The molecule has 0 aromatic carbocycles. The van der Waals surface area contributed by atoms with Crippen LogP contribution in [-0.4, -0.2) is 37.1 Å². The first kappa shape index (κ1) is 13.1. The summed E-state index contributed by atoms with van der Waals surface area (Å²) in [6, 6.07) is 0. The summed E-state index contributed by atoms with van der Waals surface area (Å²) in [5.41, 5.74) is -0.135. The van der Waals surface area contributed by atoms with Crippen molar-refractivity contribution in [3.63, 3.8) is 0 Å². The summed E-state index contributed by atoms with van der Waals surface area (Å²) in [4.78, 5) is 4.68. The maximum atomic E-state index is 5.50. The summed E-state index contributed by atoms with van der Waals surface area (Å²) in [5.74, 6) is 1.55. The quantitative estimate of drug-likeness (QED) is 0.836. The average Bonchev–Trinajstić information content (AvgIpc) is 2.88. The molecule has 0 amide bonds. The van der Waals surface area contributed by atoms with E-state index < -0.39 is 0 Å². The van der Waals surface area contributed by atoms with Crippen molar-refractivity contribution in [2.75, 3.05) is 26.9 Å². The molecule has 2 aliphatic rings. The number of ether oxygens (including phenoxy) is 2. The van der Waals surface area contributed by atoms with Gasteiger partial charge in [-0.15, -0.1) is 0 Å². The van der Waals surface area contributed by atoms with Gasteiger partial charge in [0.25, 0.3) is 0 Å². The molecule has 0 spiro atoms. The Labute approximate surface area is 113 Å². The van der Waals surface area contributed by atoms with Crippen molar-refractivity contribution in [1.82, 2.24) is 10.1 Å². The first-order chi connectivity index (χ1) is 9.19. The monoisotopic (exact) mass is 266 g/mol. The van der Waals surface area contributed by atoms with Crippen LogP contribution in [0, 0.1) is 0 Å². The highest BCUT2D eigenvalue weighted by atomic mass is 16.5. The second kappa shape index (κ2) is 4.87. The fraction of sp³-hybridized carbons (Fsp3) is 0.857. The third kappa shape index (κ3) is 2.19. The zero-order valence-corrected chi connectivity index (χ0v) is 11.8. The zero-order valence-electron chi connectivity index (χ0n) is 11.8. The SMILES string of the molecule is COCC1(c2noc(C3(C)COC3)n2)CCCCC1. The number of hydrogen-bond donors (Lipinski definition) is 0. The third-order valence-corrected chi connectivity index (χ3v) is 4.49. The predicted molar refractivity (Wildman–Crippen MR) is 69.1 cm³/mol. The van der Waals surface area contributed by atoms with E-state index in [1.54, 1.807) is 7.11 Å². The summed E-state index contributed by atoms with van der Waals surface area (Å²) < 4.78 is 16.2. The van der Waals surface area contributed by atoms with Crippen molar-refractivity contribution >= 4 is 0 Å². The van der Waals surface area contributed by atoms with Crippen LogP contribution < -0.4 is 0 Å². The Morgan fingerprint density at radius 2 is 1.95 bits per heavy atom. The molecule has 106 valence electrons. The van der Waals surface area contributed by atoms with E-state index in [1.807, 2.05) is 0 Å². The molecule has 1 aliphatic carbocycles. The van der Waals surface area contributed by atoms with Gasteiger partial charge in [0.2, 0.25) is 5.89 Å². The topological polar surface area (TPSA) is 57.4 Å². The molecule has 2 heterocycles. The summed E-state index contributed by atoms with van der Waals surface area (Å²) in [6.07, 6.45) is 5.91. The molecular weight excluding hydrogens is 244 g/mol. The highest BCUT2D eigenvalue weighted by Gasteiger charge is 2.44. The van der Waals surface area contributed by atoms with Crippen LogP contribution >= 0.6 is 0 Å². The number of aromatic nitrogens is 2. The Morgan fingerprint density at radius 1 is 1.21 bits per heavy atom. The molecule has 1 aromatic rings. The van der Waals surface area contributed by atoms with Crippen molar-refractivity contribution in [1.29, 1.82) is 0 Å². The molecular formula is C14H22N2O3. The van der Waals surface area contributed by atoms with Gasteiger partial charge in [-0.25, -0.2) is 0 Å². The second-order valence-electron chi connectivity index (χ2n) is 6.25. The Bertz CT molecular complexity index is 428. The Kier molecular flexibility index (Phi) is 3.35. The fourth-order valence-electron chi connectivity index (χ4n) is 3.15. The van der Waals surface area contributed by atoms with Gasteiger partial charge in [-0.05, 0) is 19.8 Å². The molecule has 0 atom stereocenters. The van der Waals surface area contributed by atoms with Gasteiger partial charge in [-0.1, -0.05) is 24.4 Å². The molecule has 5 heteroatoms. The highest BCUT2D eigenvalue weighted by Crippen LogP contribution is 2.39. The molecule has 0 unspecified atom stereocenters. The van der Waals surface area contributed by atoms with Crippen molar-refractivity contribution in [3.8, 4) is 0 Å². The minimum atomic E-state index is -0.0891. The van der Waals surface area contributed by atoms with Crippen LogP contribution in [-0.2, 0) is 20.3 Å². The number of rotatable bonds is 4. The van der Waals surface area contributed by atoms with Gasteiger partial charge in [-0.3, -0.25) is 0 Å². The summed E-state index contributed by atoms with van der Waals surface area (Å²) in [7, 11) is 1.75. The fourth-order valence-corrected chi connectivity index (χ4v) is 3.15. The van der Waals surface area contributed by atoms with Crippen LogP contribution in [0.1, 0.15) is 50.7 Å². The average molecular weight is 266 g/mol. The Hall–Kier alpha value is -0.940. The van der Waals surface area contributed by atoms with Gasteiger partial charge in [0.1, 0.15) is 0 Å². The molecule has 1 aromatic heterocycles. The molecule has 1 aliphatic heterocycles. The standard InChI is InChI=1S/C14H22N2O3/c1-13(8-18-9-13)12-15-11(16-19-12)14(10-17-2)6-4-3-5-7-14/h3-10H2,1-2H3. The van der Waals surface area contributed by atoms with Gasteiger partial charge < -0.3 is 14.0 Å². The van der Waals surface area contributed by atoms with Crippen molar-refractivity contribution < 1.29 is 14.0 Å². The lowest BCUT2D eigenvalue weighted by Crippen LogP contribution is -2.44. The Balaban J connectivity index is 1.86. The third-order valence-electron chi connectivity index (χ3n) is 4.49. The van der Waals surface area contributed by atoms with Crippen LogP contribution in [0.4, 0.5) is 0 Å². The van der Waals surface area contributed by atoms with E-state index >= 15 is 0 Å². The lowest BCUT2D eigenvalue weighted by atomic mass is 9.74. The largest absolute Gasteiger partial charge is 0.384 e. The van der Waals surface area contributed by atoms with Gasteiger partial charge in [0.05, 0.1) is 30.7 Å². The Morgan fingerprint density at radius 3 is 2.53 bits per heavy atom. The van der Waals surface area contributed by atoms with Crippen molar-refractivity contribution in [2.24, 2.45) is 0 Å². The normalized spacial score (nSPS) is 24.9. The lowest BCUT2D eigenvalue weighted by molar-refractivity contribution is -0.0644. The van der Waals surface area contributed by atoms with Crippen LogP contribution in [0.15, 0.2) is 4.52 Å². The van der Waals surface area contributed by atoms with Crippen molar-refractivity contribution in [3.05, 3.63) is 11.7 Å². The van der Waals surface area contributed by atoms with Gasteiger partial charge in [0, 0.05) is 7.11 Å². The summed E-state index contributed by atoms with van der Waals surface area (Å²) in [5, 5.41) is 4.26. The summed E-state index contributed by atoms with van der Waals surface area (Å²) in [6.45, 7) is 4.13. The van der Waals surface area contributed by atoms with E-state index in [0.717, 1.165) is 24.6 Å². The van der Waals surface area contributed by atoms with E-state index in [1.165, 1.54) is 19.3 Å². The van der Waals surface area contributed by atoms with Crippen LogP contribution in [0.5, 0.6) is 0 Å². The molecule has 0 N–H and O–H groups in total. The molecule has 0 radical (unpaired) electrons. The van der Waals surface area contributed by atoms with E-state index in [9.17, 15) is 0 Å². The minimum absolute atomic E-state index is 0.0459. The smallest absolute Gasteiger partial charge is 0.237 e. The van der Waals surface area contributed by atoms with E-state index in [4.69, 9.17) is 14.0 Å². The number of methoxy groups -OCH3 is 1. The van der Waals surface area contributed by atoms with Gasteiger partial charge >= 0.3 is 0 Å². The predicted octanol–water partition coefficient (Wildman–Crippen LogP) is 2.21. The molecule has 3 rings (SSSR count). The number of hydrogen-bond acceptors (Lipinski definition) is 5. The molecule has 1 saturated carbocycles. The van der Waals surface area contributed by atoms with Crippen LogP contribution in [0.3, 0.4) is 0 Å². The van der Waals surface area contributed by atoms with Crippen LogP contribution in [0.2, 0.25) is 0 Å². The molecule has 0 bridgehead atoms. The van der Waals surface area contributed by atoms with E-state index in [0.29, 0.717) is 19.8 Å². The maximum absolute atomic E-state index is 5.50. The van der Waals surface area contributed by atoms with Gasteiger partial charge in [0.15, 0.2) is 5.82 Å². The van der Waals surface area contributed by atoms with E-state index in [-0.39, 0.29) is 10.8 Å². The highest BCUT2D eigenvalue weighted by molar-refractivity contribution is 5.14. The lowest BCUT2D eigenvalue weighted by Gasteiger charge is -2.35. The molecule has 19 heavy (non-hydrogen) atoms. The molecule has 1 saturated heterocycles. The van der Waals surface area contributed by atoms with Gasteiger partial charge in [-0.2, -0.15) is 4.98 Å². The first-order valence-corrected chi connectivity index (χ1v) is 7.10. The zero-order chi connectivity index (χ0) is 13.3. The molecule has 5 nitrogen and oxygen atoms in total. The number of nitrogens with zero attached hydrogens (tertiary/aromatic N) is 2. The van der Waals surface area contributed by atoms with E-state index in [2.05, 4.69) is 17.1 Å². The summed E-state index contributed by atoms with van der Waals surface area (Å²) >= 11 is 0. The van der Waals surface area contributed by atoms with Crippen LogP contribution in [0.25, 0.3) is 0 Å². The van der Waals surface area contributed by atoms with Crippen molar-refractivity contribution in [2.45, 2.75) is 49.9 Å². The second-order valence-corrected chi connectivity index (χ2v) is 6.25. The first-order valence-electron chi connectivity index (χ1n) is 7.10.